The van der Waals surface area contributed by atoms with Crippen molar-refractivity contribution in [3.8, 4) is 0 Å². The molecule has 0 radical (unpaired) electrons. The van der Waals surface area contributed by atoms with Gasteiger partial charge in [0.15, 0.2) is 0 Å². The lowest BCUT2D eigenvalue weighted by molar-refractivity contribution is -0.140. The lowest BCUT2D eigenvalue weighted by Gasteiger charge is -2.25. The Bertz CT molecular complexity index is 282. The van der Waals surface area contributed by atoms with Gasteiger partial charge in [-0.15, -0.1) is 0 Å². The summed E-state index contributed by atoms with van der Waals surface area (Å²) in [6.07, 6.45) is 1.15. The molecule has 19 heavy (non-hydrogen) atoms. The Morgan fingerprint density at radius 3 is 2.00 bits per heavy atom. The van der Waals surface area contributed by atoms with Crippen molar-refractivity contribution >= 4 is 23.8 Å². The second-order valence-electron chi connectivity index (χ2n) is 5.25. The predicted octanol–water partition coefficient (Wildman–Crippen LogP) is 1.58. The molecule has 0 aromatic carbocycles. The Morgan fingerprint density at radius 1 is 1.21 bits per heavy atom. The maximum Gasteiger partial charge on any atom is 0.333 e. The number of carbonyl (C=O) groups excluding carboxylic acids is 1. The molecule has 0 spiro atoms. The molecule has 0 aliphatic heterocycles. The van der Waals surface area contributed by atoms with Crippen LogP contribution in [-0.4, -0.2) is 41.7 Å². The summed E-state index contributed by atoms with van der Waals surface area (Å²) in [6, 6.07) is 0. The van der Waals surface area contributed by atoms with Crippen molar-refractivity contribution in [3.63, 3.8) is 0 Å². The van der Waals surface area contributed by atoms with Gasteiger partial charge in [0, 0.05) is 17.8 Å². The van der Waals surface area contributed by atoms with Crippen LogP contribution in [0.3, 0.4) is 0 Å². The molecule has 0 aliphatic rings. The smallest absolute Gasteiger partial charge is 0.333 e. The minimum Gasteiger partial charge on any atom is -0.464 e. The summed E-state index contributed by atoms with van der Waals surface area (Å²) < 4.78 is 17.3. The topological polar surface area (TPSA) is 44.8 Å². The summed E-state index contributed by atoms with van der Waals surface area (Å²) in [7, 11) is -2.39. The van der Waals surface area contributed by atoms with Gasteiger partial charge in [-0.05, 0) is 41.0 Å². The van der Waals surface area contributed by atoms with Crippen molar-refractivity contribution in [1.82, 2.24) is 0 Å². The first-order valence-corrected chi connectivity index (χ1v) is 12.0. The highest BCUT2D eigenvalue weighted by atomic mass is 29.2. The van der Waals surface area contributed by atoms with E-state index in [-0.39, 0.29) is 23.9 Å². The van der Waals surface area contributed by atoms with Gasteiger partial charge in [-0.3, -0.25) is 0 Å². The molecule has 0 aromatic heterocycles. The molecule has 6 heteroatoms. The molecule has 0 amide bonds. The van der Waals surface area contributed by atoms with Crippen LogP contribution in [0.25, 0.3) is 0 Å². The van der Waals surface area contributed by atoms with Crippen LogP contribution in [-0.2, 0) is 18.4 Å². The molecular weight excluding hydrogens is 276 g/mol. The molecule has 4 nitrogen and oxygen atoms in total. The number of rotatable bonds is 9. The molecule has 1 unspecified atom stereocenters. The van der Waals surface area contributed by atoms with E-state index in [4.69, 9.17) is 13.6 Å². The average molecular weight is 305 g/mol. The van der Waals surface area contributed by atoms with Gasteiger partial charge < -0.3 is 13.6 Å². The number of carbonyl (C=O) groups is 1. The fraction of sp³-hybridized carbons (Fsp3) is 0.769. The maximum atomic E-state index is 11.6. The molecule has 1 atom stereocenters. The van der Waals surface area contributed by atoms with Gasteiger partial charge >= 0.3 is 5.97 Å². The molecule has 0 aliphatic carbocycles. The predicted molar refractivity (Wildman–Crippen MR) is 83.1 cm³/mol. The molecule has 0 heterocycles. The second kappa shape index (κ2) is 9.46. The second-order valence-corrected chi connectivity index (χ2v) is 11.5. The summed E-state index contributed by atoms with van der Waals surface area (Å²) in [5, 5.41) is 0. The van der Waals surface area contributed by atoms with E-state index in [1.54, 1.807) is 6.92 Å². The standard InChI is InChI=1S/C13H28O4Si2/c1-8-12(15-13(14)9(2)3)18-19(16-10(4)5)17-11(6)7/h10-12,19H,2,8,18H2,1,3-7H3. The Kier molecular flexibility index (Phi) is 9.25. The van der Waals surface area contributed by atoms with Gasteiger partial charge in [0.1, 0.15) is 9.04 Å². The quantitative estimate of drug-likeness (QED) is 0.368. The van der Waals surface area contributed by atoms with E-state index in [1.807, 2.05) is 34.6 Å². The molecule has 0 saturated heterocycles. The van der Waals surface area contributed by atoms with E-state index in [0.29, 0.717) is 5.57 Å². The van der Waals surface area contributed by atoms with E-state index < -0.39 is 17.8 Å². The summed E-state index contributed by atoms with van der Waals surface area (Å²) >= 11 is 0. The third-order valence-electron chi connectivity index (χ3n) is 2.38. The molecule has 112 valence electrons. The Hall–Kier alpha value is -0.436. The first kappa shape index (κ1) is 18.6. The van der Waals surface area contributed by atoms with Crippen LogP contribution in [0.1, 0.15) is 48.0 Å². The van der Waals surface area contributed by atoms with E-state index in [0.717, 1.165) is 6.42 Å². The molecule has 0 saturated carbocycles. The highest BCUT2D eigenvalue weighted by Gasteiger charge is 2.25. The van der Waals surface area contributed by atoms with E-state index >= 15 is 0 Å². The minimum absolute atomic E-state index is 0.0154. The summed E-state index contributed by atoms with van der Waals surface area (Å²) in [5.74, 6) is -0.304. The van der Waals surface area contributed by atoms with E-state index in [1.165, 1.54) is 0 Å². The first-order valence-electron chi connectivity index (χ1n) is 6.93. The van der Waals surface area contributed by atoms with Crippen molar-refractivity contribution in [3.05, 3.63) is 12.2 Å². The first-order chi connectivity index (χ1) is 8.76. The van der Waals surface area contributed by atoms with Crippen LogP contribution < -0.4 is 0 Å². The van der Waals surface area contributed by atoms with Crippen LogP contribution in [0.2, 0.25) is 0 Å². The Balaban J connectivity index is 4.49. The lowest BCUT2D eigenvalue weighted by atomic mass is 10.4. The van der Waals surface area contributed by atoms with Gasteiger partial charge in [0.2, 0.25) is 0 Å². The highest BCUT2D eigenvalue weighted by Crippen LogP contribution is 2.07. The third-order valence-corrected chi connectivity index (χ3v) is 9.62. The number of ether oxygens (including phenoxy) is 1. The van der Waals surface area contributed by atoms with Crippen LogP contribution in [0.5, 0.6) is 0 Å². The lowest BCUT2D eigenvalue weighted by Crippen LogP contribution is -2.43. The Morgan fingerprint density at radius 2 is 1.68 bits per heavy atom. The van der Waals surface area contributed by atoms with Gasteiger partial charge in [-0.1, -0.05) is 13.5 Å². The third kappa shape index (κ3) is 9.15. The van der Waals surface area contributed by atoms with Gasteiger partial charge in [-0.2, -0.15) is 0 Å². The number of hydrogen-bond donors (Lipinski definition) is 0. The van der Waals surface area contributed by atoms with Crippen molar-refractivity contribution in [2.75, 3.05) is 0 Å². The zero-order valence-electron chi connectivity index (χ0n) is 13.1. The van der Waals surface area contributed by atoms with Crippen molar-refractivity contribution < 1.29 is 18.4 Å². The highest BCUT2D eigenvalue weighted by molar-refractivity contribution is 7.06. The molecule has 0 bridgehead atoms. The summed E-state index contributed by atoms with van der Waals surface area (Å²) in [5.41, 5.74) is 0.429. The average Bonchev–Trinajstić information content (AvgIpc) is 2.25. The normalized spacial score (nSPS) is 13.7. The van der Waals surface area contributed by atoms with Gasteiger partial charge in [0.05, 0.1) is 5.73 Å². The monoisotopic (exact) mass is 304 g/mol. The molecule has 0 N–H and O–H groups in total. The minimum atomic E-state index is -1.68. The van der Waals surface area contributed by atoms with Gasteiger partial charge in [0.25, 0.3) is 8.80 Å². The number of esters is 1. The van der Waals surface area contributed by atoms with Crippen molar-refractivity contribution in [1.29, 1.82) is 0 Å². The van der Waals surface area contributed by atoms with Gasteiger partial charge in [-0.25, -0.2) is 4.79 Å². The fourth-order valence-corrected chi connectivity index (χ4v) is 9.58. The van der Waals surface area contributed by atoms with E-state index in [2.05, 4.69) is 6.58 Å². The van der Waals surface area contributed by atoms with Crippen LogP contribution >= 0.6 is 0 Å². The Labute approximate surface area is 121 Å². The van der Waals surface area contributed by atoms with Crippen LogP contribution in [0.15, 0.2) is 12.2 Å². The van der Waals surface area contributed by atoms with Crippen molar-refractivity contribution in [2.45, 2.75) is 65.9 Å². The SMILES string of the molecule is C=C(C)C(=O)OC(CC)[SiH2][SiH](OC(C)C)OC(C)C. The van der Waals surface area contributed by atoms with Crippen molar-refractivity contribution in [2.24, 2.45) is 0 Å². The fourth-order valence-electron chi connectivity index (χ4n) is 1.52. The molecule has 0 rings (SSSR count). The van der Waals surface area contributed by atoms with Crippen LogP contribution in [0.4, 0.5) is 0 Å². The molecule has 0 fully saturated rings. The van der Waals surface area contributed by atoms with E-state index in [9.17, 15) is 4.79 Å². The largest absolute Gasteiger partial charge is 0.464 e. The molecule has 0 aromatic rings. The van der Waals surface area contributed by atoms with Crippen LogP contribution in [0, 0.1) is 0 Å². The summed E-state index contributed by atoms with van der Waals surface area (Å²) in [6.45, 7) is 15.4. The zero-order valence-corrected chi connectivity index (χ0v) is 15.6. The number of hydrogen-bond acceptors (Lipinski definition) is 4. The maximum absolute atomic E-state index is 11.6. The zero-order chi connectivity index (χ0) is 15.0. The summed E-state index contributed by atoms with van der Waals surface area (Å²) in [4.78, 5) is 11.6. The molecular formula is C13H28O4Si2.